The molecule has 4 rings (SSSR count). The van der Waals surface area contributed by atoms with E-state index in [2.05, 4.69) is 20.5 Å². The van der Waals surface area contributed by atoms with Gasteiger partial charge >= 0.3 is 0 Å². The van der Waals surface area contributed by atoms with E-state index in [1.54, 1.807) is 55.0 Å². The zero-order chi connectivity index (χ0) is 20.5. The molecule has 0 saturated heterocycles. The monoisotopic (exact) mass is 444 g/mol. The minimum Gasteiger partial charge on any atom is -0.506 e. The van der Waals surface area contributed by atoms with E-state index in [9.17, 15) is 9.90 Å². The molecule has 0 aliphatic heterocycles. The summed E-state index contributed by atoms with van der Waals surface area (Å²) in [5.74, 6) is -0.289. The van der Waals surface area contributed by atoms with Crippen LogP contribution in [0.5, 0.6) is 5.75 Å². The van der Waals surface area contributed by atoms with Crippen LogP contribution < -0.4 is 5.43 Å². The molecule has 0 unspecified atom stereocenters. The fourth-order valence-electron chi connectivity index (χ4n) is 2.79. The van der Waals surface area contributed by atoms with Crippen LogP contribution in [0.1, 0.15) is 22.8 Å². The lowest BCUT2D eigenvalue weighted by Crippen LogP contribution is -2.19. The van der Waals surface area contributed by atoms with Gasteiger partial charge < -0.3 is 10.1 Å². The number of carbonyl (C=O) groups excluding carboxylic acids is 1. The molecule has 146 valence electrons. The van der Waals surface area contributed by atoms with Crippen molar-refractivity contribution in [2.45, 2.75) is 6.92 Å². The number of amides is 1. The summed E-state index contributed by atoms with van der Waals surface area (Å²) >= 11 is 13.4. The van der Waals surface area contributed by atoms with Crippen molar-refractivity contribution < 1.29 is 9.90 Å². The molecule has 0 fully saturated rings. The van der Waals surface area contributed by atoms with Crippen LogP contribution >= 0.6 is 34.5 Å². The van der Waals surface area contributed by atoms with Crippen molar-refractivity contribution in [3.63, 3.8) is 0 Å². The number of aromatic hydroxyl groups is 1. The predicted molar refractivity (Wildman–Crippen MR) is 117 cm³/mol. The second-order valence-corrected chi connectivity index (χ2v) is 7.92. The fraction of sp³-hybridized carbons (Fsp3) is 0.0500. The molecule has 9 heteroatoms. The first-order valence-corrected chi connectivity index (χ1v) is 10.1. The molecule has 6 nitrogen and oxygen atoms in total. The van der Waals surface area contributed by atoms with Gasteiger partial charge in [0.15, 0.2) is 0 Å². The van der Waals surface area contributed by atoms with Gasteiger partial charge in [0.2, 0.25) is 0 Å². The van der Waals surface area contributed by atoms with Gasteiger partial charge in [0.25, 0.3) is 5.91 Å². The maximum absolute atomic E-state index is 12.4. The summed E-state index contributed by atoms with van der Waals surface area (Å²) in [7, 11) is 0. The van der Waals surface area contributed by atoms with Gasteiger partial charge in [-0.2, -0.15) is 5.10 Å². The number of benzene rings is 2. The van der Waals surface area contributed by atoms with E-state index in [1.807, 2.05) is 0 Å². The number of halogens is 2. The molecule has 2 aromatic heterocycles. The Kier molecular flexibility index (Phi) is 5.27. The zero-order valence-corrected chi connectivity index (χ0v) is 17.4. The molecule has 0 spiro atoms. The Morgan fingerprint density at radius 1 is 1.21 bits per heavy atom. The first-order chi connectivity index (χ1) is 13.9. The Balaban J connectivity index is 1.55. The number of imidazole rings is 1. The highest BCUT2D eigenvalue weighted by atomic mass is 35.5. The molecule has 29 heavy (non-hydrogen) atoms. The molecule has 0 bridgehead atoms. The second-order valence-electron chi connectivity index (χ2n) is 6.23. The van der Waals surface area contributed by atoms with E-state index >= 15 is 0 Å². The molecule has 0 saturated carbocycles. The largest absolute Gasteiger partial charge is 0.506 e. The number of hydrogen-bond donors (Lipinski definition) is 3. The SMILES string of the molecule is C/C(=N\NC(=O)c1ccc2nc[nH]c2c1)c1csc(-c2ccc(Cl)c(Cl)c2)c1O. The third-order valence-corrected chi connectivity index (χ3v) is 6.10. The molecule has 2 aromatic carbocycles. The Bertz CT molecular complexity index is 1260. The highest BCUT2D eigenvalue weighted by Gasteiger charge is 2.16. The van der Waals surface area contributed by atoms with Crippen molar-refractivity contribution in [2.24, 2.45) is 5.10 Å². The van der Waals surface area contributed by atoms with Gasteiger partial charge in [0.1, 0.15) is 5.75 Å². The van der Waals surface area contributed by atoms with Gasteiger partial charge in [-0.1, -0.05) is 29.3 Å². The van der Waals surface area contributed by atoms with Crippen molar-refractivity contribution in [3.05, 3.63) is 69.3 Å². The number of nitrogens with one attached hydrogen (secondary N) is 2. The number of aromatic amines is 1. The average molecular weight is 445 g/mol. The molecule has 0 aliphatic carbocycles. The molecule has 0 atom stereocenters. The Morgan fingerprint density at radius 3 is 2.83 bits per heavy atom. The van der Waals surface area contributed by atoms with Gasteiger partial charge in [0, 0.05) is 10.9 Å². The van der Waals surface area contributed by atoms with Crippen LogP contribution in [0.25, 0.3) is 21.5 Å². The number of thiophene rings is 1. The molecule has 3 N–H and O–H groups in total. The maximum Gasteiger partial charge on any atom is 0.271 e. The molecular formula is C20H14Cl2N4O2S. The lowest BCUT2D eigenvalue weighted by Gasteiger charge is -2.04. The number of aromatic nitrogens is 2. The van der Waals surface area contributed by atoms with Crippen molar-refractivity contribution in [3.8, 4) is 16.2 Å². The van der Waals surface area contributed by atoms with Crippen LogP contribution in [0.2, 0.25) is 10.0 Å². The number of carbonyl (C=O) groups is 1. The van der Waals surface area contributed by atoms with Gasteiger partial charge in [-0.25, -0.2) is 10.4 Å². The van der Waals surface area contributed by atoms with E-state index < -0.39 is 0 Å². The molecule has 4 aromatic rings. The fourth-order valence-corrected chi connectivity index (χ4v) is 4.09. The minimum absolute atomic E-state index is 0.0720. The Morgan fingerprint density at radius 2 is 2.03 bits per heavy atom. The van der Waals surface area contributed by atoms with Crippen molar-refractivity contribution in [1.29, 1.82) is 0 Å². The number of hydrogen-bond acceptors (Lipinski definition) is 5. The third-order valence-electron chi connectivity index (χ3n) is 4.34. The summed E-state index contributed by atoms with van der Waals surface area (Å²) in [5, 5.41) is 17.4. The second kappa shape index (κ2) is 7.87. The van der Waals surface area contributed by atoms with Gasteiger partial charge in [-0.3, -0.25) is 4.79 Å². The van der Waals surface area contributed by atoms with Gasteiger partial charge in [0.05, 0.1) is 43.6 Å². The van der Waals surface area contributed by atoms with Crippen LogP contribution in [0.4, 0.5) is 0 Å². The lowest BCUT2D eigenvalue weighted by molar-refractivity contribution is 0.0955. The summed E-state index contributed by atoms with van der Waals surface area (Å²) in [5.41, 5.74) is 6.26. The van der Waals surface area contributed by atoms with Crippen molar-refractivity contribution in [2.75, 3.05) is 0 Å². The van der Waals surface area contributed by atoms with Crippen molar-refractivity contribution in [1.82, 2.24) is 15.4 Å². The smallest absolute Gasteiger partial charge is 0.271 e. The highest BCUT2D eigenvalue weighted by Crippen LogP contribution is 2.40. The number of hydrazone groups is 1. The van der Waals surface area contributed by atoms with E-state index in [4.69, 9.17) is 23.2 Å². The first kappa shape index (κ1) is 19.4. The molecule has 1 amide bonds. The van der Waals surface area contributed by atoms with Crippen LogP contribution in [0, 0.1) is 0 Å². The summed E-state index contributed by atoms with van der Waals surface area (Å²) < 4.78 is 0. The van der Waals surface area contributed by atoms with E-state index in [0.717, 1.165) is 16.6 Å². The number of rotatable bonds is 4. The van der Waals surface area contributed by atoms with E-state index in [0.29, 0.717) is 31.8 Å². The maximum atomic E-state index is 12.4. The number of nitrogens with zero attached hydrogens (tertiary/aromatic N) is 2. The van der Waals surface area contributed by atoms with E-state index in [1.165, 1.54) is 11.3 Å². The highest BCUT2D eigenvalue weighted by molar-refractivity contribution is 7.14. The summed E-state index contributed by atoms with van der Waals surface area (Å²) in [4.78, 5) is 20.1. The van der Waals surface area contributed by atoms with Crippen LogP contribution in [-0.2, 0) is 0 Å². The zero-order valence-electron chi connectivity index (χ0n) is 15.0. The van der Waals surface area contributed by atoms with E-state index in [-0.39, 0.29) is 11.7 Å². The quantitative estimate of drug-likeness (QED) is 0.288. The van der Waals surface area contributed by atoms with Crippen LogP contribution in [0.15, 0.2) is 53.2 Å². The molecule has 0 aliphatic rings. The molecular weight excluding hydrogens is 431 g/mol. The topological polar surface area (TPSA) is 90.4 Å². The van der Waals surface area contributed by atoms with Crippen LogP contribution in [0.3, 0.4) is 0 Å². The Labute approximate surface area is 179 Å². The molecule has 2 heterocycles. The number of fused-ring (bicyclic) bond motifs is 1. The first-order valence-electron chi connectivity index (χ1n) is 8.48. The summed E-state index contributed by atoms with van der Waals surface area (Å²) in [6, 6.07) is 10.3. The average Bonchev–Trinajstić information content (AvgIpc) is 3.34. The third kappa shape index (κ3) is 3.85. The Hall–Kier alpha value is -2.87. The predicted octanol–water partition coefficient (Wildman–Crippen LogP) is 5.46. The minimum atomic E-state index is -0.361. The summed E-state index contributed by atoms with van der Waals surface area (Å²) in [6.07, 6.45) is 1.57. The molecule has 0 radical (unpaired) electrons. The van der Waals surface area contributed by atoms with Crippen LogP contribution in [-0.4, -0.2) is 26.7 Å². The van der Waals surface area contributed by atoms with Crippen molar-refractivity contribution >= 4 is 57.2 Å². The van der Waals surface area contributed by atoms with Gasteiger partial charge in [-0.05, 0) is 42.8 Å². The number of H-pyrrole nitrogens is 1. The normalized spacial score (nSPS) is 11.8. The van der Waals surface area contributed by atoms with Gasteiger partial charge in [-0.15, -0.1) is 11.3 Å². The standard InChI is InChI=1S/C20H14Cl2N4O2S/c1-10(25-26-20(28)12-3-5-16-17(7-12)24-9-23-16)13-8-29-19(18(13)27)11-2-4-14(21)15(22)6-11/h2-9,27H,1H3,(H,23,24)(H,26,28)/b25-10+. The lowest BCUT2D eigenvalue weighted by atomic mass is 10.1. The summed E-state index contributed by atoms with van der Waals surface area (Å²) in [6.45, 7) is 1.71.